The zero-order valence-electron chi connectivity index (χ0n) is 9.22. The van der Waals surface area contributed by atoms with Gasteiger partial charge in [0.25, 0.3) is 0 Å². The topological polar surface area (TPSA) is 47.2 Å². The van der Waals surface area contributed by atoms with Crippen LogP contribution in [0.4, 0.5) is 0 Å². The molecule has 1 heterocycles. The summed E-state index contributed by atoms with van der Waals surface area (Å²) in [5.74, 6) is 0. The predicted molar refractivity (Wildman–Crippen MR) is 61.5 cm³/mol. The van der Waals surface area contributed by atoms with Crippen LogP contribution < -0.4 is 0 Å². The van der Waals surface area contributed by atoms with E-state index < -0.39 is 5.54 Å². The fourth-order valence-corrected chi connectivity index (χ4v) is 2.48. The van der Waals surface area contributed by atoms with E-state index in [0.717, 1.165) is 31.4 Å². The third-order valence-corrected chi connectivity index (χ3v) is 3.26. The molecule has 0 atom stereocenters. The van der Waals surface area contributed by atoms with Crippen molar-refractivity contribution >= 4 is 12.3 Å². The highest BCUT2D eigenvalue weighted by molar-refractivity contribution is 5.38. The minimum Gasteiger partial charge on any atom is -0.243 e. The van der Waals surface area contributed by atoms with Crippen LogP contribution in [0, 0.1) is 0 Å². The molecule has 0 amide bonds. The Morgan fingerprint density at radius 3 is 2.88 bits per heavy atom. The minimum atomic E-state index is -0.426. The Bertz CT molecular complexity index is 423. The summed E-state index contributed by atoms with van der Waals surface area (Å²) < 4.78 is 1.70. The van der Waals surface area contributed by atoms with Crippen LogP contribution in [0.25, 0.3) is 6.20 Å². The molecule has 0 saturated heterocycles. The first kappa shape index (κ1) is 10.8. The van der Waals surface area contributed by atoms with Crippen LogP contribution in [0.2, 0.25) is 0 Å². The molecule has 0 radical (unpaired) electrons. The molecule has 1 fully saturated rings. The fourth-order valence-electron chi connectivity index (χ4n) is 2.48. The van der Waals surface area contributed by atoms with E-state index in [9.17, 15) is 4.79 Å². The van der Waals surface area contributed by atoms with Gasteiger partial charge in [0.1, 0.15) is 5.54 Å². The van der Waals surface area contributed by atoms with E-state index in [-0.39, 0.29) is 0 Å². The molecule has 0 unspecified atom stereocenters. The SMILES string of the molecule is C=Cn1nccc1C1(N=C=O)CCCCC1. The second kappa shape index (κ2) is 4.45. The van der Waals surface area contributed by atoms with Gasteiger partial charge in [-0.05, 0) is 18.9 Å². The standard InChI is InChI=1S/C12H15N3O/c1-2-15-11(6-9-14-15)12(13-10-16)7-4-3-5-8-12/h2,6,9H,1,3-5,7-8H2. The van der Waals surface area contributed by atoms with E-state index in [0.29, 0.717) is 0 Å². The van der Waals surface area contributed by atoms with Crippen molar-refractivity contribution in [2.75, 3.05) is 0 Å². The molecule has 1 saturated carbocycles. The lowest BCUT2D eigenvalue weighted by atomic mass is 9.80. The highest BCUT2D eigenvalue weighted by Crippen LogP contribution is 2.40. The fraction of sp³-hybridized carbons (Fsp3) is 0.500. The second-order valence-electron chi connectivity index (χ2n) is 4.14. The molecule has 0 aromatic carbocycles. The number of hydrogen-bond acceptors (Lipinski definition) is 3. The molecule has 4 nitrogen and oxygen atoms in total. The smallest absolute Gasteiger partial charge is 0.235 e. The van der Waals surface area contributed by atoms with Gasteiger partial charge in [0, 0.05) is 12.4 Å². The van der Waals surface area contributed by atoms with Crippen LogP contribution in [0.1, 0.15) is 37.8 Å². The van der Waals surface area contributed by atoms with E-state index >= 15 is 0 Å². The van der Waals surface area contributed by atoms with E-state index in [1.54, 1.807) is 23.2 Å². The van der Waals surface area contributed by atoms with Gasteiger partial charge in [0.15, 0.2) is 0 Å². The summed E-state index contributed by atoms with van der Waals surface area (Å²) >= 11 is 0. The highest BCUT2D eigenvalue weighted by Gasteiger charge is 2.36. The average molecular weight is 217 g/mol. The van der Waals surface area contributed by atoms with E-state index in [4.69, 9.17) is 0 Å². The van der Waals surface area contributed by atoms with Crippen LogP contribution in [0.15, 0.2) is 23.8 Å². The summed E-state index contributed by atoms with van der Waals surface area (Å²) in [4.78, 5) is 14.7. The van der Waals surface area contributed by atoms with Gasteiger partial charge in [0.05, 0.1) is 5.69 Å². The summed E-state index contributed by atoms with van der Waals surface area (Å²) in [6, 6.07) is 1.91. The largest absolute Gasteiger partial charge is 0.243 e. The number of carbonyl (C=O) groups excluding carboxylic acids is 1. The first-order valence-corrected chi connectivity index (χ1v) is 5.58. The first-order valence-electron chi connectivity index (χ1n) is 5.58. The Morgan fingerprint density at radius 2 is 2.25 bits per heavy atom. The van der Waals surface area contributed by atoms with Gasteiger partial charge >= 0.3 is 0 Å². The van der Waals surface area contributed by atoms with Crippen LogP contribution in [0.5, 0.6) is 0 Å². The van der Waals surface area contributed by atoms with E-state index in [2.05, 4.69) is 16.7 Å². The highest BCUT2D eigenvalue weighted by atomic mass is 16.1. The summed E-state index contributed by atoms with van der Waals surface area (Å²) in [6.45, 7) is 3.71. The number of aromatic nitrogens is 2. The maximum absolute atomic E-state index is 10.6. The Balaban J connectivity index is 2.45. The molecular formula is C12H15N3O. The Morgan fingerprint density at radius 1 is 1.50 bits per heavy atom. The molecule has 0 aliphatic heterocycles. The molecule has 1 aliphatic carbocycles. The van der Waals surface area contributed by atoms with Gasteiger partial charge < -0.3 is 0 Å². The maximum atomic E-state index is 10.6. The number of hydrogen-bond donors (Lipinski definition) is 0. The first-order chi connectivity index (χ1) is 7.82. The van der Waals surface area contributed by atoms with Crippen molar-refractivity contribution in [3.8, 4) is 0 Å². The van der Waals surface area contributed by atoms with Crippen molar-refractivity contribution in [2.24, 2.45) is 4.99 Å². The predicted octanol–water partition coefficient (Wildman–Crippen LogP) is 2.48. The summed E-state index contributed by atoms with van der Waals surface area (Å²) in [5.41, 5.74) is 0.524. The zero-order chi connectivity index (χ0) is 11.4. The van der Waals surface area contributed by atoms with E-state index in [1.807, 2.05) is 6.07 Å². The van der Waals surface area contributed by atoms with Crippen LogP contribution >= 0.6 is 0 Å². The van der Waals surface area contributed by atoms with Gasteiger partial charge in [-0.2, -0.15) is 10.1 Å². The Kier molecular flexibility index (Phi) is 3.02. The summed E-state index contributed by atoms with van der Waals surface area (Å²) in [5, 5.41) is 4.15. The Hall–Kier alpha value is -1.67. The van der Waals surface area contributed by atoms with Crippen molar-refractivity contribution in [3.05, 3.63) is 24.5 Å². The molecule has 1 aliphatic rings. The van der Waals surface area contributed by atoms with Crippen molar-refractivity contribution in [1.82, 2.24) is 9.78 Å². The molecule has 1 aromatic rings. The van der Waals surface area contributed by atoms with Gasteiger partial charge in [0.2, 0.25) is 6.08 Å². The molecule has 2 rings (SSSR count). The quantitative estimate of drug-likeness (QED) is 0.576. The average Bonchev–Trinajstić information content (AvgIpc) is 2.79. The molecule has 4 heteroatoms. The van der Waals surface area contributed by atoms with Crippen molar-refractivity contribution in [2.45, 2.75) is 37.6 Å². The zero-order valence-corrected chi connectivity index (χ0v) is 9.22. The van der Waals surface area contributed by atoms with Crippen LogP contribution in [-0.4, -0.2) is 15.9 Å². The van der Waals surface area contributed by atoms with Crippen molar-refractivity contribution in [3.63, 3.8) is 0 Å². The molecule has 1 aromatic heterocycles. The molecule has 0 bridgehead atoms. The lowest BCUT2D eigenvalue weighted by molar-refractivity contribution is 0.292. The summed E-state index contributed by atoms with van der Waals surface area (Å²) in [6.07, 6.45) is 10.2. The molecular weight excluding hydrogens is 202 g/mol. The lowest BCUT2D eigenvalue weighted by Crippen LogP contribution is -2.29. The summed E-state index contributed by atoms with van der Waals surface area (Å²) in [7, 11) is 0. The van der Waals surface area contributed by atoms with Gasteiger partial charge in [-0.1, -0.05) is 25.8 Å². The molecule has 0 N–H and O–H groups in total. The second-order valence-corrected chi connectivity index (χ2v) is 4.14. The third-order valence-electron chi connectivity index (χ3n) is 3.26. The van der Waals surface area contributed by atoms with Gasteiger partial charge in [-0.3, -0.25) is 0 Å². The number of nitrogens with zero attached hydrogens (tertiary/aromatic N) is 3. The van der Waals surface area contributed by atoms with Gasteiger partial charge in [-0.15, -0.1) is 0 Å². The van der Waals surface area contributed by atoms with Gasteiger partial charge in [-0.25, -0.2) is 9.48 Å². The van der Waals surface area contributed by atoms with Crippen molar-refractivity contribution < 1.29 is 4.79 Å². The Labute approximate surface area is 94.7 Å². The molecule has 84 valence electrons. The number of aliphatic imine (C=N–C) groups is 1. The molecule has 0 spiro atoms. The maximum Gasteiger partial charge on any atom is 0.235 e. The van der Waals surface area contributed by atoms with E-state index in [1.165, 1.54) is 6.42 Å². The van der Waals surface area contributed by atoms with Crippen LogP contribution in [0.3, 0.4) is 0 Å². The molecule has 16 heavy (non-hydrogen) atoms. The minimum absolute atomic E-state index is 0.426. The lowest BCUT2D eigenvalue weighted by Gasteiger charge is -2.31. The number of isocyanates is 1. The third kappa shape index (κ3) is 1.72. The van der Waals surface area contributed by atoms with Crippen LogP contribution in [-0.2, 0) is 10.3 Å². The number of rotatable bonds is 3. The monoisotopic (exact) mass is 217 g/mol. The van der Waals surface area contributed by atoms with Crippen molar-refractivity contribution in [1.29, 1.82) is 0 Å². The normalized spacial score (nSPS) is 18.8.